The van der Waals surface area contributed by atoms with Crippen LogP contribution in [0, 0.1) is 0 Å². The Hall–Kier alpha value is -4.48. The fourth-order valence-corrected chi connectivity index (χ4v) is 6.76. The molecule has 22 heteroatoms. The fraction of sp³-hybridized carbons (Fsp3) is 0.846. The summed E-state index contributed by atoms with van der Waals surface area (Å²) in [7, 11) is 0. The number of hydrogen-bond acceptors (Lipinski definition) is 16. The minimum atomic E-state index is -1.06. The summed E-state index contributed by atoms with van der Waals surface area (Å²) in [5.74, 6) is -3.33. The van der Waals surface area contributed by atoms with Gasteiger partial charge in [0.25, 0.3) is 0 Å². The highest BCUT2D eigenvalue weighted by atomic mass is 16.6. The van der Waals surface area contributed by atoms with Crippen molar-refractivity contribution >= 4 is 47.4 Å². The molecular formula is C52H95N5O17. The quantitative estimate of drug-likeness (QED) is 0.0367. The Balaban J connectivity index is 3.93. The molecule has 0 rings (SSSR count). The minimum absolute atomic E-state index is 0.0337. The largest absolute Gasteiger partial charge is 0.480 e. The first kappa shape index (κ1) is 69.5. The van der Waals surface area contributed by atoms with Gasteiger partial charge < -0.3 is 69.6 Å². The summed E-state index contributed by atoms with van der Waals surface area (Å²) in [6.45, 7) is 12.9. The van der Waals surface area contributed by atoms with Gasteiger partial charge in [0.05, 0.1) is 59.5 Å². The zero-order valence-electron chi connectivity index (χ0n) is 45.8. The third-order valence-corrected chi connectivity index (χ3v) is 10.3. The second-order valence-electron chi connectivity index (χ2n) is 19.8. The first-order valence-corrected chi connectivity index (χ1v) is 26.8. The Morgan fingerprint density at radius 1 is 0.378 bits per heavy atom. The van der Waals surface area contributed by atoms with E-state index in [9.17, 15) is 38.4 Å². The van der Waals surface area contributed by atoms with E-state index in [-0.39, 0.29) is 160 Å². The van der Waals surface area contributed by atoms with Crippen LogP contribution in [0.25, 0.3) is 0 Å². The van der Waals surface area contributed by atoms with Gasteiger partial charge in [-0.3, -0.25) is 28.8 Å². The molecule has 0 spiro atoms. The van der Waals surface area contributed by atoms with Gasteiger partial charge in [0.2, 0.25) is 29.5 Å². The van der Waals surface area contributed by atoms with Crippen molar-refractivity contribution in [3.8, 4) is 0 Å². The van der Waals surface area contributed by atoms with Crippen molar-refractivity contribution in [3.63, 3.8) is 0 Å². The van der Waals surface area contributed by atoms with Crippen molar-refractivity contribution in [1.29, 1.82) is 0 Å². The lowest BCUT2D eigenvalue weighted by atomic mass is 10.0. The number of carboxylic acid groups (broad SMARTS) is 1. The molecular weight excluding hydrogens is 967 g/mol. The summed E-state index contributed by atoms with van der Waals surface area (Å²) in [6.07, 6.45) is 16.3. The molecule has 0 aromatic carbocycles. The highest BCUT2D eigenvalue weighted by Crippen LogP contribution is 2.16. The molecule has 0 aliphatic heterocycles. The number of rotatable bonds is 49. The Kier molecular flexibility index (Phi) is 43.1. The predicted molar refractivity (Wildman–Crippen MR) is 276 cm³/mol. The molecule has 430 valence electrons. The van der Waals surface area contributed by atoms with Crippen LogP contribution in [0.15, 0.2) is 0 Å². The van der Waals surface area contributed by atoms with E-state index in [4.69, 9.17) is 43.0 Å². The molecule has 0 fully saturated rings. The predicted octanol–water partition coefficient (Wildman–Crippen LogP) is 4.22. The number of esters is 2. The van der Waals surface area contributed by atoms with E-state index >= 15 is 0 Å². The van der Waals surface area contributed by atoms with E-state index in [2.05, 4.69) is 26.6 Å². The Morgan fingerprint density at radius 3 is 1.18 bits per heavy atom. The number of carboxylic acids is 1. The number of ether oxygens (including phenoxy) is 8. The average molecular weight is 1060 g/mol. The zero-order chi connectivity index (χ0) is 55.1. The maximum absolute atomic E-state index is 12.9. The molecule has 0 saturated carbocycles. The molecule has 0 aromatic heterocycles. The number of amides is 5. The molecule has 6 N–H and O–H groups in total. The van der Waals surface area contributed by atoms with Crippen LogP contribution in [0.5, 0.6) is 0 Å². The van der Waals surface area contributed by atoms with Gasteiger partial charge in [-0.1, -0.05) is 77.0 Å². The number of carbonyl (C=O) groups is 8. The Morgan fingerprint density at radius 2 is 0.743 bits per heavy atom. The van der Waals surface area contributed by atoms with Crippen LogP contribution in [-0.4, -0.2) is 175 Å². The smallest absolute Gasteiger partial charge is 0.329 e. The van der Waals surface area contributed by atoms with Gasteiger partial charge in [-0.25, -0.2) is 9.59 Å². The fourth-order valence-electron chi connectivity index (χ4n) is 6.76. The van der Waals surface area contributed by atoms with Crippen LogP contribution in [0.4, 0.5) is 0 Å². The normalized spacial score (nSPS) is 11.9. The number of aliphatic carboxylic acids is 1. The van der Waals surface area contributed by atoms with Crippen molar-refractivity contribution < 1.29 is 81.4 Å². The number of carbonyl (C=O) groups excluding carboxylic acids is 7. The highest BCUT2D eigenvalue weighted by Gasteiger charge is 2.27. The van der Waals surface area contributed by atoms with Crippen molar-refractivity contribution in [3.05, 3.63) is 0 Å². The van der Waals surface area contributed by atoms with Gasteiger partial charge in [-0.05, 0) is 60.8 Å². The molecule has 22 nitrogen and oxygen atoms in total. The van der Waals surface area contributed by atoms with Crippen LogP contribution < -0.4 is 26.6 Å². The molecule has 74 heavy (non-hydrogen) atoms. The third-order valence-electron chi connectivity index (χ3n) is 10.3. The van der Waals surface area contributed by atoms with Gasteiger partial charge in [-0.2, -0.15) is 0 Å². The molecule has 0 aromatic rings. The van der Waals surface area contributed by atoms with Crippen molar-refractivity contribution in [2.45, 2.75) is 181 Å². The Bertz CT molecular complexity index is 1540. The molecule has 0 aliphatic rings. The SMILES string of the molecule is CC(C)(C)OC(=O)CCCCCCCCCCCCCCCCC(=O)N[C@@H](CCC(=O)NCCC(=O)NCCOCCOCC(=O)NCCOCCOCC(=O)NCCOCCOCC(=O)O)C(=O)OC(C)(C)C. The Labute approximate surface area is 440 Å². The third kappa shape index (κ3) is 51.0. The molecule has 0 aliphatic carbocycles. The monoisotopic (exact) mass is 1060 g/mol. The highest BCUT2D eigenvalue weighted by molar-refractivity contribution is 5.85. The van der Waals surface area contributed by atoms with Crippen LogP contribution in [0.2, 0.25) is 0 Å². The lowest BCUT2D eigenvalue weighted by molar-refractivity contribution is -0.159. The summed E-state index contributed by atoms with van der Waals surface area (Å²) >= 11 is 0. The summed E-state index contributed by atoms with van der Waals surface area (Å²) in [4.78, 5) is 96.4. The molecule has 0 bridgehead atoms. The molecule has 0 heterocycles. The number of unbranched alkanes of at least 4 members (excludes halogenated alkanes) is 13. The standard InChI is InChI=1S/C52H95N5O17/c1-51(2,3)73-49(65)22-20-18-16-14-12-10-8-7-9-11-13-15-17-19-21-45(60)57-42(50(66)74-52(4,5)6)23-24-43(58)53-26-25-44(59)54-27-30-67-33-36-70-39-46(61)55-28-31-68-34-37-71-40-47(62)56-29-32-69-35-38-72-41-48(63)64/h42H,7-41H2,1-6H3,(H,53,58)(H,54,59)(H,55,61)(H,56,62)(H,57,60)(H,63,64)/t42-/m0/s1. The maximum atomic E-state index is 12.9. The second kappa shape index (κ2) is 45.9. The van der Waals surface area contributed by atoms with E-state index in [1.165, 1.54) is 44.9 Å². The number of nitrogens with one attached hydrogen (secondary N) is 5. The van der Waals surface area contributed by atoms with Crippen LogP contribution in [0.3, 0.4) is 0 Å². The molecule has 1 atom stereocenters. The van der Waals surface area contributed by atoms with Crippen LogP contribution in [0.1, 0.15) is 164 Å². The van der Waals surface area contributed by atoms with Crippen molar-refractivity contribution in [1.82, 2.24) is 26.6 Å². The summed E-state index contributed by atoms with van der Waals surface area (Å²) in [5, 5.41) is 21.9. The average Bonchev–Trinajstić information content (AvgIpc) is 3.31. The molecule has 0 unspecified atom stereocenters. The second-order valence-corrected chi connectivity index (χ2v) is 19.8. The van der Waals surface area contributed by atoms with E-state index in [0.717, 1.165) is 38.5 Å². The van der Waals surface area contributed by atoms with E-state index in [0.29, 0.717) is 12.8 Å². The van der Waals surface area contributed by atoms with Crippen molar-refractivity contribution in [2.24, 2.45) is 0 Å². The summed E-state index contributed by atoms with van der Waals surface area (Å²) in [5.41, 5.74) is -1.19. The van der Waals surface area contributed by atoms with E-state index in [1.807, 2.05) is 20.8 Å². The van der Waals surface area contributed by atoms with Gasteiger partial charge >= 0.3 is 17.9 Å². The van der Waals surface area contributed by atoms with Gasteiger partial charge in [0, 0.05) is 51.9 Å². The zero-order valence-corrected chi connectivity index (χ0v) is 45.8. The van der Waals surface area contributed by atoms with Crippen LogP contribution in [-0.2, 0) is 76.3 Å². The molecule has 0 saturated heterocycles. The lowest BCUT2D eigenvalue weighted by Gasteiger charge is -2.24. The number of hydrogen-bond donors (Lipinski definition) is 6. The summed E-state index contributed by atoms with van der Waals surface area (Å²) in [6, 6.07) is -0.977. The molecule has 5 amide bonds. The van der Waals surface area contributed by atoms with Gasteiger partial charge in [-0.15, -0.1) is 0 Å². The van der Waals surface area contributed by atoms with Gasteiger partial charge in [0.15, 0.2) is 0 Å². The van der Waals surface area contributed by atoms with Gasteiger partial charge in [0.1, 0.15) is 37.1 Å². The topological polar surface area (TPSA) is 291 Å². The minimum Gasteiger partial charge on any atom is -0.480 e. The van der Waals surface area contributed by atoms with Crippen molar-refractivity contribution in [2.75, 3.05) is 105 Å². The van der Waals surface area contributed by atoms with Crippen LogP contribution >= 0.6 is 0 Å². The van der Waals surface area contributed by atoms with E-state index < -0.39 is 35.8 Å². The molecule has 0 radical (unpaired) electrons. The first-order valence-electron chi connectivity index (χ1n) is 26.8. The lowest BCUT2D eigenvalue weighted by Crippen LogP contribution is -2.44. The summed E-state index contributed by atoms with van der Waals surface area (Å²) < 4.78 is 42.2. The van der Waals surface area contributed by atoms with E-state index in [1.54, 1.807) is 20.8 Å². The first-order chi connectivity index (χ1) is 35.3. The maximum Gasteiger partial charge on any atom is 0.329 e.